The van der Waals surface area contributed by atoms with Crippen LogP contribution < -0.4 is 10.6 Å². The van der Waals surface area contributed by atoms with Crippen LogP contribution in [-0.4, -0.2) is 44.0 Å². The number of likely N-dealkylation sites (tertiary alicyclic amines) is 1. The standard InChI is InChI=1S/C15H23N3O/c1-11-13(15(19)16-2)7-4-8-14(11)17-12-6-5-9-18(3)10-12/h4,7-8,12,17H,5-6,9-10H2,1-3H3,(H,16,19). The zero-order valence-electron chi connectivity index (χ0n) is 12.0. The molecule has 2 rings (SSSR count). The molecule has 4 nitrogen and oxygen atoms in total. The number of nitrogens with one attached hydrogen (secondary N) is 2. The zero-order valence-corrected chi connectivity index (χ0v) is 12.0. The molecule has 1 aliphatic heterocycles. The van der Waals surface area contributed by atoms with Crippen LogP contribution in [0.25, 0.3) is 0 Å². The fourth-order valence-electron chi connectivity index (χ4n) is 2.68. The number of carbonyl (C=O) groups excluding carboxylic acids is 1. The fourth-order valence-corrected chi connectivity index (χ4v) is 2.68. The molecule has 1 fully saturated rings. The van der Waals surface area contributed by atoms with Crippen molar-refractivity contribution in [1.29, 1.82) is 0 Å². The highest BCUT2D eigenvalue weighted by Crippen LogP contribution is 2.22. The first-order chi connectivity index (χ1) is 9.11. The lowest BCUT2D eigenvalue weighted by Gasteiger charge is -2.31. The van der Waals surface area contributed by atoms with Gasteiger partial charge in [-0.2, -0.15) is 0 Å². The molecule has 0 radical (unpaired) electrons. The summed E-state index contributed by atoms with van der Waals surface area (Å²) in [5, 5.41) is 6.26. The van der Waals surface area contributed by atoms with E-state index in [0.717, 1.165) is 23.4 Å². The summed E-state index contributed by atoms with van der Waals surface area (Å²) >= 11 is 0. The largest absolute Gasteiger partial charge is 0.381 e. The number of piperidine rings is 1. The minimum atomic E-state index is -0.0260. The van der Waals surface area contributed by atoms with Gasteiger partial charge >= 0.3 is 0 Å². The van der Waals surface area contributed by atoms with Crippen LogP contribution in [-0.2, 0) is 0 Å². The smallest absolute Gasteiger partial charge is 0.251 e. The molecule has 2 N–H and O–H groups in total. The summed E-state index contributed by atoms with van der Waals surface area (Å²) in [4.78, 5) is 14.1. The van der Waals surface area contributed by atoms with Crippen LogP contribution in [0.5, 0.6) is 0 Å². The Labute approximate surface area is 115 Å². The molecule has 0 bridgehead atoms. The molecule has 1 aliphatic rings. The number of benzene rings is 1. The summed E-state index contributed by atoms with van der Waals surface area (Å²) in [5.41, 5.74) is 2.84. The van der Waals surface area contributed by atoms with Crippen molar-refractivity contribution in [1.82, 2.24) is 10.2 Å². The molecular weight excluding hydrogens is 238 g/mol. The molecule has 1 atom stereocenters. The molecule has 1 aromatic rings. The van der Waals surface area contributed by atoms with Crippen LogP contribution in [0.3, 0.4) is 0 Å². The number of likely N-dealkylation sites (N-methyl/N-ethyl adjacent to an activating group) is 1. The van der Waals surface area contributed by atoms with Crippen molar-refractivity contribution >= 4 is 11.6 Å². The summed E-state index contributed by atoms with van der Waals surface area (Å²) in [6, 6.07) is 6.33. The number of rotatable bonds is 3. The first-order valence-electron chi connectivity index (χ1n) is 6.88. The Kier molecular flexibility index (Phi) is 4.43. The first-order valence-corrected chi connectivity index (χ1v) is 6.88. The van der Waals surface area contributed by atoms with Gasteiger partial charge in [-0.05, 0) is 51.1 Å². The molecule has 0 aromatic heterocycles. The maximum Gasteiger partial charge on any atom is 0.251 e. The third-order valence-electron chi connectivity index (χ3n) is 3.79. The van der Waals surface area contributed by atoms with Crippen LogP contribution in [0, 0.1) is 6.92 Å². The molecule has 1 saturated heterocycles. The highest BCUT2D eigenvalue weighted by Gasteiger charge is 2.18. The summed E-state index contributed by atoms with van der Waals surface area (Å²) in [6.07, 6.45) is 2.41. The quantitative estimate of drug-likeness (QED) is 0.873. The number of carbonyl (C=O) groups is 1. The van der Waals surface area contributed by atoms with E-state index in [2.05, 4.69) is 28.6 Å². The van der Waals surface area contributed by atoms with Crippen molar-refractivity contribution in [2.75, 3.05) is 32.5 Å². The van der Waals surface area contributed by atoms with Crippen molar-refractivity contribution in [3.63, 3.8) is 0 Å². The maximum atomic E-state index is 11.8. The van der Waals surface area contributed by atoms with E-state index in [-0.39, 0.29) is 5.91 Å². The number of hydrogen-bond donors (Lipinski definition) is 2. The molecule has 1 aromatic carbocycles. The van der Waals surface area contributed by atoms with E-state index in [9.17, 15) is 4.79 Å². The van der Waals surface area contributed by atoms with Crippen LogP contribution in [0.15, 0.2) is 18.2 Å². The normalized spacial score (nSPS) is 20.1. The lowest BCUT2D eigenvalue weighted by atomic mass is 10.0. The van der Waals surface area contributed by atoms with Crippen LogP contribution >= 0.6 is 0 Å². The van der Waals surface area contributed by atoms with Gasteiger partial charge in [-0.3, -0.25) is 4.79 Å². The van der Waals surface area contributed by atoms with Gasteiger partial charge in [0.15, 0.2) is 0 Å². The van der Waals surface area contributed by atoms with Crippen molar-refractivity contribution < 1.29 is 4.79 Å². The Bertz CT molecular complexity index is 459. The van der Waals surface area contributed by atoms with Crippen molar-refractivity contribution in [2.24, 2.45) is 0 Å². The van der Waals surface area contributed by atoms with Gasteiger partial charge in [0.05, 0.1) is 0 Å². The molecule has 1 heterocycles. The SMILES string of the molecule is CNC(=O)c1cccc(NC2CCCN(C)C2)c1C. The van der Waals surface area contributed by atoms with Gasteiger partial charge in [0.1, 0.15) is 0 Å². The zero-order chi connectivity index (χ0) is 13.8. The summed E-state index contributed by atoms with van der Waals surface area (Å²) < 4.78 is 0. The van der Waals surface area contributed by atoms with E-state index in [1.165, 1.54) is 19.4 Å². The topological polar surface area (TPSA) is 44.4 Å². The third kappa shape index (κ3) is 3.26. The van der Waals surface area contributed by atoms with E-state index >= 15 is 0 Å². The molecule has 0 spiro atoms. The minimum Gasteiger partial charge on any atom is -0.381 e. The molecule has 4 heteroatoms. The molecule has 19 heavy (non-hydrogen) atoms. The number of nitrogens with zero attached hydrogens (tertiary/aromatic N) is 1. The van der Waals surface area contributed by atoms with Gasteiger partial charge < -0.3 is 15.5 Å². The van der Waals surface area contributed by atoms with Gasteiger partial charge in [0.2, 0.25) is 0 Å². The number of amides is 1. The molecule has 104 valence electrons. The van der Waals surface area contributed by atoms with Gasteiger partial charge in [-0.15, -0.1) is 0 Å². The molecule has 0 saturated carbocycles. The second-order valence-electron chi connectivity index (χ2n) is 5.30. The monoisotopic (exact) mass is 261 g/mol. The molecule has 0 aliphatic carbocycles. The number of anilines is 1. The molecular formula is C15H23N3O. The maximum absolute atomic E-state index is 11.8. The Hall–Kier alpha value is -1.55. The van der Waals surface area contributed by atoms with Crippen molar-refractivity contribution in [3.05, 3.63) is 29.3 Å². The lowest BCUT2D eigenvalue weighted by molar-refractivity contribution is 0.0962. The average molecular weight is 261 g/mol. The van der Waals surface area contributed by atoms with E-state index < -0.39 is 0 Å². The summed E-state index contributed by atoms with van der Waals surface area (Å²) in [6.45, 7) is 4.23. The Balaban J connectivity index is 2.14. The fraction of sp³-hybridized carbons (Fsp3) is 0.533. The van der Waals surface area contributed by atoms with Gasteiger partial charge in [-0.25, -0.2) is 0 Å². The second kappa shape index (κ2) is 6.06. The van der Waals surface area contributed by atoms with Gasteiger partial charge in [-0.1, -0.05) is 6.07 Å². The Morgan fingerprint density at radius 3 is 2.89 bits per heavy atom. The third-order valence-corrected chi connectivity index (χ3v) is 3.79. The predicted molar refractivity (Wildman–Crippen MR) is 78.7 cm³/mol. The Morgan fingerprint density at radius 1 is 1.42 bits per heavy atom. The highest BCUT2D eigenvalue weighted by atomic mass is 16.1. The summed E-state index contributed by atoms with van der Waals surface area (Å²) in [5.74, 6) is -0.0260. The summed E-state index contributed by atoms with van der Waals surface area (Å²) in [7, 11) is 3.82. The minimum absolute atomic E-state index is 0.0260. The first kappa shape index (κ1) is 13.9. The van der Waals surface area contributed by atoms with E-state index in [1.807, 2.05) is 19.1 Å². The van der Waals surface area contributed by atoms with Crippen molar-refractivity contribution in [2.45, 2.75) is 25.8 Å². The van der Waals surface area contributed by atoms with Gasteiger partial charge in [0, 0.05) is 30.9 Å². The number of hydrogen-bond acceptors (Lipinski definition) is 3. The van der Waals surface area contributed by atoms with E-state index in [1.54, 1.807) is 7.05 Å². The van der Waals surface area contributed by atoms with Gasteiger partial charge in [0.25, 0.3) is 5.91 Å². The second-order valence-corrected chi connectivity index (χ2v) is 5.30. The van der Waals surface area contributed by atoms with Crippen LogP contribution in [0.2, 0.25) is 0 Å². The van der Waals surface area contributed by atoms with Crippen molar-refractivity contribution in [3.8, 4) is 0 Å². The highest BCUT2D eigenvalue weighted by molar-refractivity contribution is 5.96. The lowest BCUT2D eigenvalue weighted by Crippen LogP contribution is -2.39. The van der Waals surface area contributed by atoms with Crippen LogP contribution in [0.4, 0.5) is 5.69 Å². The molecule has 1 amide bonds. The predicted octanol–water partition coefficient (Wildman–Crippen LogP) is 1.86. The van der Waals surface area contributed by atoms with E-state index in [0.29, 0.717) is 6.04 Å². The average Bonchev–Trinajstić information content (AvgIpc) is 2.40. The Morgan fingerprint density at radius 2 is 2.21 bits per heavy atom. The molecule has 1 unspecified atom stereocenters. The van der Waals surface area contributed by atoms with E-state index in [4.69, 9.17) is 0 Å². The van der Waals surface area contributed by atoms with Crippen LogP contribution in [0.1, 0.15) is 28.8 Å².